The summed E-state index contributed by atoms with van der Waals surface area (Å²) < 4.78 is 0. The molecule has 0 aromatic heterocycles. The van der Waals surface area contributed by atoms with Crippen LogP contribution in [0, 0.1) is 11.8 Å². The lowest BCUT2D eigenvalue weighted by atomic mass is 9.91. The zero-order valence-electron chi connectivity index (χ0n) is 10.8. The first kappa shape index (κ1) is 13.6. The summed E-state index contributed by atoms with van der Waals surface area (Å²) >= 11 is 0. The molecule has 1 rings (SSSR count). The highest BCUT2D eigenvalue weighted by molar-refractivity contribution is 5.93. The highest BCUT2D eigenvalue weighted by atomic mass is 16.2. The van der Waals surface area contributed by atoms with Gasteiger partial charge in [0, 0.05) is 13.0 Å². The predicted molar refractivity (Wildman–Crippen MR) is 66.1 cm³/mol. The minimum atomic E-state index is -0.733. The molecule has 0 aromatic carbocycles. The van der Waals surface area contributed by atoms with Crippen LogP contribution in [0.3, 0.4) is 0 Å². The Bertz CT molecular complexity index is 361. The quantitative estimate of drug-likeness (QED) is 0.741. The fraction of sp³-hybridized carbons (Fsp3) is 0.692. The third-order valence-electron chi connectivity index (χ3n) is 3.34. The molecular formula is C13H20N2O2. The van der Waals surface area contributed by atoms with Crippen LogP contribution in [0.4, 0.5) is 0 Å². The van der Waals surface area contributed by atoms with Crippen molar-refractivity contribution >= 4 is 11.8 Å². The molecule has 0 unspecified atom stereocenters. The van der Waals surface area contributed by atoms with Crippen molar-refractivity contribution in [3.63, 3.8) is 0 Å². The van der Waals surface area contributed by atoms with Crippen molar-refractivity contribution in [2.45, 2.75) is 45.6 Å². The molecular weight excluding hydrogens is 216 g/mol. The topological polar surface area (TPSA) is 49.4 Å². The smallest absolute Gasteiger partial charge is 0.249 e. The van der Waals surface area contributed by atoms with Gasteiger partial charge in [0.25, 0.3) is 0 Å². The molecule has 17 heavy (non-hydrogen) atoms. The Morgan fingerprint density at radius 2 is 2.00 bits per heavy atom. The summed E-state index contributed by atoms with van der Waals surface area (Å²) in [5, 5.41) is 2.87. The highest BCUT2D eigenvalue weighted by Crippen LogP contribution is 2.21. The fourth-order valence-corrected chi connectivity index (χ4v) is 2.08. The van der Waals surface area contributed by atoms with Gasteiger partial charge in [0.05, 0.1) is 6.54 Å². The first-order chi connectivity index (χ1) is 8.09. The molecule has 1 saturated heterocycles. The van der Waals surface area contributed by atoms with Crippen molar-refractivity contribution in [1.29, 1.82) is 0 Å². The van der Waals surface area contributed by atoms with E-state index in [2.05, 4.69) is 17.2 Å². The normalized spacial score (nSPS) is 19.1. The van der Waals surface area contributed by atoms with Crippen LogP contribution in [-0.2, 0) is 9.59 Å². The second-order valence-electron chi connectivity index (χ2n) is 4.24. The molecule has 0 bridgehead atoms. The van der Waals surface area contributed by atoms with E-state index in [4.69, 9.17) is 0 Å². The lowest BCUT2D eigenvalue weighted by Gasteiger charge is -2.32. The van der Waals surface area contributed by atoms with Crippen molar-refractivity contribution < 1.29 is 9.59 Å². The third-order valence-corrected chi connectivity index (χ3v) is 3.34. The van der Waals surface area contributed by atoms with Gasteiger partial charge in [0.15, 0.2) is 0 Å². The Kier molecular flexibility index (Phi) is 4.56. The summed E-state index contributed by atoms with van der Waals surface area (Å²) in [5.41, 5.74) is -0.733. The first-order valence-electron chi connectivity index (χ1n) is 6.09. The number of nitrogens with one attached hydrogen (secondary N) is 1. The Labute approximate surface area is 103 Å². The second-order valence-corrected chi connectivity index (χ2v) is 4.24. The molecule has 1 heterocycles. The van der Waals surface area contributed by atoms with Crippen LogP contribution >= 0.6 is 0 Å². The van der Waals surface area contributed by atoms with Crippen LogP contribution in [0.2, 0.25) is 0 Å². The molecule has 1 fully saturated rings. The standard InChI is InChI=1S/C13H20N2O2/c1-4-7-9-15-10-8-11(16)14-13(5-2,6-3)12(15)17/h5-6,8-10H2,1-3H3,(H,14,16). The van der Waals surface area contributed by atoms with Crippen LogP contribution in [0.15, 0.2) is 0 Å². The molecule has 4 heteroatoms. The van der Waals surface area contributed by atoms with Gasteiger partial charge in [-0.1, -0.05) is 19.8 Å². The van der Waals surface area contributed by atoms with E-state index in [9.17, 15) is 9.59 Å². The van der Waals surface area contributed by atoms with Crippen LogP contribution in [0.5, 0.6) is 0 Å². The Balaban J connectivity index is 2.98. The molecule has 0 saturated carbocycles. The number of carbonyl (C=O) groups excluding carboxylic acids is 2. The van der Waals surface area contributed by atoms with E-state index in [0.717, 1.165) is 0 Å². The van der Waals surface area contributed by atoms with E-state index in [-0.39, 0.29) is 11.8 Å². The molecule has 0 aliphatic carbocycles. The molecule has 94 valence electrons. The average Bonchev–Trinajstić information content (AvgIpc) is 2.46. The summed E-state index contributed by atoms with van der Waals surface area (Å²) in [5.74, 6) is 5.62. The number of hydrogen-bond acceptors (Lipinski definition) is 2. The SMILES string of the molecule is CC#CCN1CCC(=O)NC(CC)(CC)C1=O. The molecule has 4 nitrogen and oxygen atoms in total. The minimum Gasteiger partial charge on any atom is -0.342 e. The van der Waals surface area contributed by atoms with E-state index < -0.39 is 5.54 Å². The van der Waals surface area contributed by atoms with Gasteiger partial charge in [0.2, 0.25) is 11.8 Å². The van der Waals surface area contributed by atoms with Crippen LogP contribution in [0.1, 0.15) is 40.0 Å². The summed E-state index contributed by atoms with van der Waals surface area (Å²) in [6, 6.07) is 0. The van der Waals surface area contributed by atoms with Gasteiger partial charge in [0.1, 0.15) is 5.54 Å². The predicted octanol–water partition coefficient (Wildman–Crippen LogP) is 0.917. The number of carbonyl (C=O) groups is 2. The summed E-state index contributed by atoms with van der Waals surface area (Å²) in [7, 11) is 0. The highest BCUT2D eigenvalue weighted by Gasteiger charge is 2.41. The fourth-order valence-electron chi connectivity index (χ4n) is 2.08. The van der Waals surface area contributed by atoms with Crippen molar-refractivity contribution in [3.05, 3.63) is 0 Å². The molecule has 1 aliphatic rings. The van der Waals surface area contributed by atoms with E-state index in [1.54, 1.807) is 11.8 Å². The van der Waals surface area contributed by atoms with Gasteiger partial charge in [-0.15, -0.1) is 5.92 Å². The average molecular weight is 236 g/mol. The van der Waals surface area contributed by atoms with Crippen molar-refractivity contribution in [1.82, 2.24) is 10.2 Å². The number of nitrogens with zero attached hydrogens (tertiary/aromatic N) is 1. The van der Waals surface area contributed by atoms with E-state index in [0.29, 0.717) is 32.4 Å². The van der Waals surface area contributed by atoms with Gasteiger partial charge in [-0.3, -0.25) is 9.59 Å². The van der Waals surface area contributed by atoms with Crippen molar-refractivity contribution in [2.75, 3.05) is 13.1 Å². The molecule has 2 amide bonds. The number of hydrogen-bond donors (Lipinski definition) is 1. The molecule has 1 aliphatic heterocycles. The zero-order valence-corrected chi connectivity index (χ0v) is 10.8. The number of rotatable bonds is 3. The van der Waals surface area contributed by atoms with Gasteiger partial charge in [-0.05, 0) is 19.8 Å². The summed E-state index contributed by atoms with van der Waals surface area (Å²) in [6.07, 6.45) is 1.59. The van der Waals surface area contributed by atoms with E-state index in [1.807, 2.05) is 13.8 Å². The summed E-state index contributed by atoms with van der Waals surface area (Å²) in [4.78, 5) is 25.8. The summed E-state index contributed by atoms with van der Waals surface area (Å²) in [6.45, 7) is 6.47. The first-order valence-corrected chi connectivity index (χ1v) is 6.09. The zero-order chi connectivity index (χ0) is 12.9. The van der Waals surface area contributed by atoms with Crippen molar-refractivity contribution in [3.8, 4) is 11.8 Å². The minimum absolute atomic E-state index is 0.00361. The van der Waals surface area contributed by atoms with Crippen LogP contribution < -0.4 is 5.32 Å². The van der Waals surface area contributed by atoms with Crippen molar-refractivity contribution in [2.24, 2.45) is 0 Å². The molecule has 0 aromatic rings. The monoisotopic (exact) mass is 236 g/mol. The maximum atomic E-state index is 12.4. The van der Waals surface area contributed by atoms with Crippen LogP contribution in [0.25, 0.3) is 0 Å². The van der Waals surface area contributed by atoms with Gasteiger partial charge >= 0.3 is 0 Å². The Morgan fingerprint density at radius 1 is 1.35 bits per heavy atom. The molecule has 0 radical (unpaired) electrons. The van der Waals surface area contributed by atoms with Gasteiger partial charge < -0.3 is 10.2 Å². The second kappa shape index (κ2) is 5.72. The Morgan fingerprint density at radius 3 is 2.53 bits per heavy atom. The maximum Gasteiger partial charge on any atom is 0.249 e. The van der Waals surface area contributed by atoms with Crippen LogP contribution in [-0.4, -0.2) is 35.3 Å². The molecule has 0 spiro atoms. The molecule has 1 N–H and O–H groups in total. The van der Waals surface area contributed by atoms with Gasteiger partial charge in [-0.2, -0.15) is 0 Å². The maximum absolute atomic E-state index is 12.4. The number of amides is 2. The van der Waals surface area contributed by atoms with E-state index >= 15 is 0 Å². The molecule has 0 atom stereocenters. The van der Waals surface area contributed by atoms with E-state index in [1.165, 1.54) is 0 Å². The van der Waals surface area contributed by atoms with Gasteiger partial charge in [-0.25, -0.2) is 0 Å². The largest absolute Gasteiger partial charge is 0.342 e. The lowest BCUT2D eigenvalue weighted by Crippen LogP contribution is -2.56. The Hall–Kier alpha value is -1.50. The lowest BCUT2D eigenvalue weighted by molar-refractivity contribution is -0.138. The third kappa shape index (κ3) is 2.79.